The van der Waals surface area contributed by atoms with Gasteiger partial charge in [0.2, 0.25) is 5.91 Å². The summed E-state index contributed by atoms with van der Waals surface area (Å²) in [5.74, 6) is 0.978. The molecule has 122 valence electrons. The van der Waals surface area contributed by atoms with Crippen molar-refractivity contribution < 1.29 is 18.7 Å². The van der Waals surface area contributed by atoms with Crippen LogP contribution in [0.15, 0.2) is 42.5 Å². The van der Waals surface area contributed by atoms with Crippen molar-refractivity contribution in [2.75, 3.05) is 20.8 Å². The summed E-state index contributed by atoms with van der Waals surface area (Å²) in [5, 5.41) is 2.83. The Morgan fingerprint density at radius 2 is 1.96 bits per heavy atom. The Morgan fingerprint density at radius 1 is 1.13 bits per heavy atom. The average molecular weight is 317 g/mol. The van der Waals surface area contributed by atoms with E-state index in [-0.39, 0.29) is 18.1 Å². The molecular formula is C18H20FNO3. The van der Waals surface area contributed by atoms with Gasteiger partial charge in [0.05, 0.1) is 20.6 Å². The first-order valence-corrected chi connectivity index (χ1v) is 7.34. The SMILES string of the molecule is COc1ccc(CCNC(=O)Cc2cccc(F)c2)c(OC)c1. The van der Waals surface area contributed by atoms with Crippen LogP contribution in [0.4, 0.5) is 4.39 Å². The number of carbonyl (C=O) groups excluding carboxylic acids is 1. The van der Waals surface area contributed by atoms with Gasteiger partial charge in [0.25, 0.3) is 0 Å². The number of hydrogen-bond donors (Lipinski definition) is 1. The van der Waals surface area contributed by atoms with Crippen LogP contribution < -0.4 is 14.8 Å². The summed E-state index contributed by atoms with van der Waals surface area (Å²) in [6, 6.07) is 11.6. The maximum atomic E-state index is 13.1. The molecule has 0 saturated heterocycles. The first kappa shape index (κ1) is 16.8. The van der Waals surface area contributed by atoms with E-state index in [1.54, 1.807) is 26.4 Å². The average Bonchev–Trinajstić information content (AvgIpc) is 2.55. The van der Waals surface area contributed by atoms with Crippen LogP contribution in [0.1, 0.15) is 11.1 Å². The summed E-state index contributed by atoms with van der Waals surface area (Å²) in [6.45, 7) is 0.483. The van der Waals surface area contributed by atoms with Crippen LogP contribution in [0, 0.1) is 5.82 Å². The predicted octanol–water partition coefficient (Wildman–Crippen LogP) is 2.74. The zero-order chi connectivity index (χ0) is 16.7. The Labute approximate surface area is 135 Å². The van der Waals surface area contributed by atoms with E-state index in [0.29, 0.717) is 18.5 Å². The van der Waals surface area contributed by atoms with Gasteiger partial charge in [-0.1, -0.05) is 18.2 Å². The molecule has 0 heterocycles. The second-order valence-corrected chi connectivity index (χ2v) is 5.08. The molecule has 0 aliphatic heterocycles. The molecule has 0 atom stereocenters. The second kappa shape index (κ2) is 8.17. The fourth-order valence-corrected chi connectivity index (χ4v) is 2.29. The quantitative estimate of drug-likeness (QED) is 0.854. The summed E-state index contributed by atoms with van der Waals surface area (Å²) in [5.41, 5.74) is 1.64. The number of benzene rings is 2. The van der Waals surface area contributed by atoms with Crippen molar-refractivity contribution in [1.29, 1.82) is 0 Å². The molecule has 4 nitrogen and oxygen atoms in total. The van der Waals surface area contributed by atoms with Gasteiger partial charge in [0, 0.05) is 12.6 Å². The van der Waals surface area contributed by atoms with Gasteiger partial charge in [-0.05, 0) is 35.7 Å². The summed E-state index contributed by atoms with van der Waals surface area (Å²) >= 11 is 0. The highest BCUT2D eigenvalue weighted by molar-refractivity contribution is 5.78. The van der Waals surface area contributed by atoms with E-state index in [1.165, 1.54) is 12.1 Å². The van der Waals surface area contributed by atoms with E-state index < -0.39 is 0 Å². The van der Waals surface area contributed by atoms with Crippen LogP contribution in [-0.2, 0) is 17.6 Å². The molecule has 0 aromatic heterocycles. The molecule has 0 spiro atoms. The number of halogens is 1. The summed E-state index contributed by atoms with van der Waals surface area (Å²) in [6.07, 6.45) is 0.805. The highest BCUT2D eigenvalue weighted by Crippen LogP contribution is 2.24. The van der Waals surface area contributed by atoms with Gasteiger partial charge in [-0.15, -0.1) is 0 Å². The van der Waals surface area contributed by atoms with Crippen LogP contribution in [0.25, 0.3) is 0 Å². The number of methoxy groups -OCH3 is 2. The van der Waals surface area contributed by atoms with Crippen molar-refractivity contribution in [3.8, 4) is 11.5 Å². The van der Waals surface area contributed by atoms with Crippen LogP contribution in [0.2, 0.25) is 0 Å². The molecule has 2 aromatic carbocycles. The lowest BCUT2D eigenvalue weighted by Crippen LogP contribution is -2.27. The van der Waals surface area contributed by atoms with Crippen LogP contribution in [0.5, 0.6) is 11.5 Å². The zero-order valence-corrected chi connectivity index (χ0v) is 13.3. The molecule has 0 bridgehead atoms. The highest BCUT2D eigenvalue weighted by Gasteiger charge is 2.07. The van der Waals surface area contributed by atoms with E-state index in [1.807, 2.05) is 18.2 Å². The molecule has 0 fully saturated rings. The summed E-state index contributed by atoms with van der Waals surface area (Å²) in [7, 11) is 3.20. The Hall–Kier alpha value is -2.56. The Kier molecular flexibility index (Phi) is 5.97. The number of ether oxygens (including phenoxy) is 2. The molecule has 0 aliphatic carbocycles. The van der Waals surface area contributed by atoms with Crippen molar-refractivity contribution in [2.45, 2.75) is 12.8 Å². The van der Waals surface area contributed by atoms with Crippen molar-refractivity contribution in [2.24, 2.45) is 0 Å². The molecule has 0 radical (unpaired) electrons. The standard InChI is InChI=1S/C18H20FNO3/c1-22-16-7-6-14(17(12-16)23-2)8-9-20-18(21)11-13-4-3-5-15(19)10-13/h3-7,10,12H,8-9,11H2,1-2H3,(H,20,21). The minimum atomic E-state index is -0.335. The normalized spacial score (nSPS) is 10.2. The number of carbonyl (C=O) groups is 1. The Morgan fingerprint density at radius 3 is 2.65 bits per heavy atom. The van der Waals surface area contributed by atoms with Crippen LogP contribution >= 0.6 is 0 Å². The first-order chi connectivity index (χ1) is 11.1. The van der Waals surface area contributed by atoms with Crippen molar-refractivity contribution in [3.05, 3.63) is 59.4 Å². The number of hydrogen-bond acceptors (Lipinski definition) is 3. The third kappa shape index (κ3) is 4.98. The van der Waals surface area contributed by atoms with Gasteiger partial charge in [-0.25, -0.2) is 4.39 Å². The molecule has 2 rings (SSSR count). The van der Waals surface area contributed by atoms with Crippen LogP contribution in [0.3, 0.4) is 0 Å². The van der Waals surface area contributed by atoms with Crippen molar-refractivity contribution in [3.63, 3.8) is 0 Å². The van der Waals surface area contributed by atoms with Crippen LogP contribution in [-0.4, -0.2) is 26.7 Å². The van der Waals surface area contributed by atoms with E-state index in [2.05, 4.69) is 5.32 Å². The minimum Gasteiger partial charge on any atom is -0.497 e. The van der Waals surface area contributed by atoms with Crippen molar-refractivity contribution >= 4 is 5.91 Å². The smallest absolute Gasteiger partial charge is 0.224 e. The molecule has 2 aromatic rings. The minimum absolute atomic E-state index is 0.136. The fourth-order valence-electron chi connectivity index (χ4n) is 2.29. The first-order valence-electron chi connectivity index (χ1n) is 7.34. The third-order valence-corrected chi connectivity index (χ3v) is 3.46. The van der Waals surface area contributed by atoms with E-state index in [9.17, 15) is 9.18 Å². The number of rotatable bonds is 7. The van der Waals surface area contributed by atoms with Gasteiger partial charge in [0.15, 0.2) is 0 Å². The van der Waals surface area contributed by atoms with Crippen molar-refractivity contribution in [1.82, 2.24) is 5.32 Å². The van der Waals surface area contributed by atoms with E-state index in [0.717, 1.165) is 17.1 Å². The topological polar surface area (TPSA) is 47.6 Å². The monoisotopic (exact) mass is 317 g/mol. The molecular weight excluding hydrogens is 297 g/mol. The van der Waals surface area contributed by atoms with Gasteiger partial charge in [0.1, 0.15) is 17.3 Å². The molecule has 0 unspecified atom stereocenters. The van der Waals surface area contributed by atoms with Gasteiger partial charge in [-0.3, -0.25) is 4.79 Å². The maximum absolute atomic E-state index is 13.1. The maximum Gasteiger partial charge on any atom is 0.224 e. The molecule has 5 heteroatoms. The third-order valence-electron chi connectivity index (χ3n) is 3.46. The predicted molar refractivity (Wildman–Crippen MR) is 86.4 cm³/mol. The highest BCUT2D eigenvalue weighted by atomic mass is 19.1. The lowest BCUT2D eigenvalue weighted by Gasteiger charge is -2.11. The van der Waals surface area contributed by atoms with Gasteiger partial charge >= 0.3 is 0 Å². The second-order valence-electron chi connectivity index (χ2n) is 5.08. The number of amides is 1. The van der Waals surface area contributed by atoms with E-state index >= 15 is 0 Å². The number of nitrogens with one attached hydrogen (secondary N) is 1. The molecule has 23 heavy (non-hydrogen) atoms. The Balaban J connectivity index is 1.86. The lowest BCUT2D eigenvalue weighted by atomic mass is 10.1. The molecule has 0 aliphatic rings. The van der Waals surface area contributed by atoms with E-state index in [4.69, 9.17) is 9.47 Å². The molecule has 1 amide bonds. The zero-order valence-electron chi connectivity index (χ0n) is 13.3. The fraction of sp³-hybridized carbons (Fsp3) is 0.278. The largest absolute Gasteiger partial charge is 0.497 e. The summed E-state index contributed by atoms with van der Waals surface area (Å²) < 4.78 is 23.6. The Bertz CT molecular complexity index is 673. The van der Waals surface area contributed by atoms with Gasteiger partial charge in [-0.2, -0.15) is 0 Å². The summed E-state index contributed by atoms with van der Waals surface area (Å²) in [4.78, 5) is 11.9. The molecule has 0 saturated carbocycles. The lowest BCUT2D eigenvalue weighted by molar-refractivity contribution is -0.120. The van der Waals surface area contributed by atoms with Gasteiger partial charge < -0.3 is 14.8 Å². The molecule has 1 N–H and O–H groups in total.